The molecule has 126 valence electrons. The third-order valence-electron chi connectivity index (χ3n) is 2.78. The van der Waals surface area contributed by atoms with E-state index >= 15 is 0 Å². The number of unbranched alkanes of at least 4 members (excludes halogenated alkanes) is 4. The van der Waals surface area contributed by atoms with Crippen LogP contribution in [0.4, 0.5) is 0 Å². The van der Waals surface area contributed by atoms with Crippen molar-refractivity contribution in [3.63, 3.8) is 0 Å². The van der Waals surface area contributed by atoms with Crippen LogP contribution in [0.2, 0.25) is 0 Å². The van der Waals surface area contributed by atoms with E-state index in [-0.39, 0.29) is 0 Å². The highest BCUT2D eigenvalue weighted by Gasteiger charge is 1.94. The highest BCUT2D eigenvalue weighted by atomic mass is 16.4. The third kappa shape index (κ3) is 22.0. The molecule has 0 spiro atoms. The first-order chi connectivity index (χ1) is 11.1. The molecule has 23 heavy (non-hydrogen) atoms. The summed E-state index contributed by atoms with van der Waals surface area (Å²) in [5.41, 5.74) is 1.19. The van der Waals surface area contributed by atoms with Gasteiger partial charge in [0, 0.05) is 18.3 Å². The van der Waals surface area contributed by atoms with Crippen molar-refractivity contribution >= 4 is 5.97 Å². The molecule has 0 aliphatic rings. The molecule has 1 heterocycles. The van der Waals surface area contributed by atoms with Crippen LogP contribution in [-0.2, 0) is 11.2 Å². The molecule has 0 unspecified atom stereocenters. The highest BCUT2D eigenvalue weighted by Crippen LogP contribution is 2.04. The molecular weight excluding hydrogens is 290 g/mol. The van der Waals surface area contributed by atoms with Gasteiger partial charge in [0.15, 0.2) is 12.1 Å². The number of nitrogens with zero attached hydrogens (tertiary/aromatic N) is 3. The van der Waals surface area contributed by atoms with Gasteiger partial charge in [-0.15, -0.1) is 0 Å². The van der Waals surface area contributed by atoms with Gasteiger partial charge >= 0.3 is 5.97 Å². The summed E-state index contributed by atoms with van der Waals surface area (Å²) in [5, 5.41) is 22.8. The van der Waals surface area contributed by atoms with E-state index in [0.717, 1.165) is 19.3 Å². The van der Waals surface area contributed by atoms with E-state index in [9.17, 15) is 4.79 Å². The van der Waals surface area contributed by atoms with Gasteiger partial charge in [-0.1, -0.05) is 52.0 Å². The molecule has 5 heteroatoms. The van der Waals surface area contributed by atoms with Crippen molar-refractivity contribution < 1.29 is 9.90 Å². The minimum atomic E-state index is -0.670. The van der Waals surface area contributed by atoms with Crippen molar-refractivity contribution in [2.24, 2.45) is 0 Å². The molecule has 0 saturated heterocycles. The molecule has 0 aliphatic carbocycles. The van der Waals surface area contributed by atoms with Gasteiger partial charge in [-0.2, -0.15) is 10.5 Å². The zero-order valence-corrected chi connectivity index (χ0v) is 14.2. The van der Waals surface area contributed by atoms with Gasteiger partial charge in [-0.25, -0.2) is 0 Å². The summed E-state index contributed by atoms with van der Waals surface area (Å²) in [4.78, 5) is 14.2. The molecule has 0 fully saturated rings. The fourth-order valence-corrected chi connectivity index (χ4v) is 1.68. The van der Waals surface area contributed by atoms with Crippen LogP contribution in [0.5, 0.6) is 0 Å². The van der Waals surface area contributed by atoms with Crippen molar-refractivity contribution in [3.05, 3.63) is 30.1 Å². The summed E-state index contributed by atoms with van der Waals surface area (Å²) in [5.74, 6) is -0.670. The second kappa shape index (κ2) is 19.6. The summed E-state index contributed by atoms with van der Waals surface area (Å²) in [6.07, 6.45) is 10.00. The zero-order valence-electron chi connectivity index (χ0n) is 14.2. The van der Waals surface area contributed by atoms with Gasteiger partial charge in [0.1, 0.15) is 0 Å². The molecule has 5 nitrogen and oxygen atoms in total. The lowest BCUT2D eigenvalue weighted by molar-refractivity contribution is -0.137. The van der Waals surface area contributed by atoms with E-state index in [1.165, 1.54) is 43.5 Å². The summed E-state index contributed by atoms with van der Waals surface area (Å²) in [7, 11) is 0. The molecule has 0 saturated carbocycles. The minimum Gasteiger partial charge on any atom is -0.481 e. The first-order valence-corrected chi connectivity index (χ1v) is 8.02. The number of hydrogen-bond donors (Lipinski definition) is 1. The average molecular weight is 317 g/mol. The second-order valence-electron chi connectivity index (χ2n) is 4.85. The molecule has 0 bridgehead atoms. The van der Waals surface area contributed by atoms with Crippen LogP contribution in [0.15, 0.2) is 24.4 Å². The number of aryl methyl sites for hydroxylation is 1. The normalized spacial score (nSPS) is 8.35. The van der Waals surface area contributed by atoms with Gasteiger partial charge < -0.3 is 5.11 Å². The molecule has 0 aromatic carbocycles. The van der Waals surface area contributed by atoms with Crippen molar-refractivity contribution in [3.8, 4) is 12.1 Å². The Labute approximate surface area is 139 Å². The molecule has 0 aliphatic heterocycles. The first kappa shape index (κ1) is 22.9. The molecule has 1 rings (SSSR count). The lowest BCUT2D eigenvalue weighted by Crippen LogP contribution is -1.93. The van der Waals surface area contributed by atoms with Crippen LogP contribution in [0.25, 0.3) is 0 Å². The number of rotatable bonds is 8. The van der Waals surface area contributed by atoms with E-state index in [2.05, 4.69) is 24.9 Å². The largest absolute Gasteiger partial charge is 0.481 e. The average Bonchev–Trinajstić information content (AvgIpc) is 2.56. The minimum absolute atomic E-state index is 0.337. The maximum Gasteiger partial charge on any atom is 0.303 e. The number of carboxylic acids is 1. The van der Waals surface area contributed by atoms with Crippen LogP contribution < -0.4 is 0 Å². The maximum atomic E-state index is 10.0. The quantitative estimate of drug-likeness (QED) is 0.712. The predicted molar refractivity (Wildman–Crippen MR) is 90.5 cm³/mol. The summed E-state index contributed by atoms with van der Waals surface area (Å²) in [6, 6.07) is 8.50. The van der Waals surface area contributed by atoms with E-state index in [4.69, 9.17) is 15.6 Å². The van der Waals surface area contributed by atoms with Crippen molar-refractivity contribution in [1.29, 1.82) is 10.5 Å². The Morgan fingerprint density at radius 2 is 1.74 bits per heavy atom. The number of nitriles is 2. The predicted octanol–water partition coefficient (Wildman–Crippen LogP) is 4.50. The zero-order chi connectivity index (χ0) is 17.8. The molecule has 0 radical (unpaired) electrons. The Morgan fingerprint density at radius 1 is 1.09 bits per heavy atom. The van der Waals surface area contributed by atoms with Gasteiger partial charge in [0.05, 0.1) is 0 Å². The third-order valence-corrected chi connectivity index (χ3v) is 2.78. The number of pyridine rings is 1. The number of aliphatic carboxylic acids is 1. The fourth-order valence-electron chi connectivity index (χ4n) is 1.68. The molecule has 1 aromatic heterocycles. The van der Waals surface area contributed by atoms with Crippen molar-refractivity contribution in [1.82, 2.24) is 4.98 Å². The molecular formula is C18H27N3O2. The fraction of sp³-hybridized carbons (Fsp3) is 0.556. The highest BCUT2D eigenvalue weighted by molar-refractivity contribution is 5.66. The first-order valence-electron chi connectivity index (χ1n) is 8.02. The van der Waals surface area contributed by atoms with Gasteiger partial charge in [0.25, 0.3) is 0 Å². The van der Waals surface area contributed by atoms with Crippen molar-refractivity contribution in [2.45, 2.75) is 65.2 Å². The standard InChI is InChI=1S/C8H11N.C8H16O2.C2N2/c1-2-5-8-6-3-4-7-9-8;1-2-3-4-5-6-7-8(9)10;3-1-2-4/h3-4,6-7H,2,5H2,1H3;2-7H2,1H3,(H,9,10);. The molecule has 0 amide bonds. The Morgan fingerprint density at radius 3 is 2.17 bits per heavy atom. The Balaban J connectivity index is 0. The van der Waals surface area contributed by atoms with Crippen LogP contribution in [-0.4, -0.2) is 16.1 Å². The molecule has 1 aromatic rings. The van der Waals surface area contributed by atoms with Gasteiger partial charge in [-0.3, -0.25) is 9.78 Å². The SMILES string of the molecule is CCCCCCCC(=O)O.CCCc1ccccn1.N#CC#N. The number of carbonyl (C=O) groups is 1. The molecule has 0 atom stereocenters. The van der Waals surface area contributed by atoms with Crippen LogP contribution in [0.3, 0.4) is 0 Å². The monoisotopic (exact) mass is 317 g/mol. The number of hydrogen-bond acceptors (Lipinski definition) is 4. The van der Waals surface area contributed by atoms with Gasteiger partial charge in [-0.05, 0) is 25.0 Å². The Bertz CT molecular complexity index is 449. The van der Waals surface area contributed by atoms with Gasteiger partial charge in [0.2, 0.25) is 0 Å². The second-order valence-corrected chi connectivity index (χ2v) is 4.85. The summed E-state index contributed by atoms with van der Waals surface area (Å²) < 4.78 is 0. The lowest BCUT2D eigenvalue weighted by atomic mass is 10.1. The smallest absolute Gasteiger partial charge is 0.303 e. The molecule has 1 N–H and O–H groups in total. The lowest BCUT2D eigenvalue weighted by Gasteiger charge is -1.95. The van der Waals surface area contributed by atoms with E-state index in [1.807, 2.05) is 18.3 Å². The topological polar surface area (TPSA) is 97.8 Å². The van der Waals surface area contributed by atoms with E-state index in [1.54, 1.807) is 0 Å². The number of carboxylic acid groups (broad SMARTS) is 1. The van der Waals surface area contributed by atoms with Crippen LogP contribution in [0, 0.1) is 22.7 Å². The van der Waals surface area contributed by atoms with Crippen LogP contribution in [0.1, 0.15) is 64.5 Å². The number of aromatic nitrogens is 1. The summed E-state index contributed by atoms with van der Waals surface area (Å²) in [6.45, 7) is 4.31. The Hall–Kier alpha value is -2.40. The Kier molecular flexibility index (Phi) is 19.5. The summed E-state index contributed by atoms with van der Waals surface area (Å²) >= 11 is 0. The van der Waals surface area contributed by atoms with E-state index < -0.39 is 5.97 Å². The maximum absolute atomic E-state index is 10.0. The van der Waals surface area contributed by atoms with Crippen LogP contribution >= 0.6 is 0 Å². The van der Waals surface area contributed by atoms with E-state index in [0.29, 0.717) is 6.42 Å². The van der Waals surface area contributed by atoms with Crippen molar-refractivity contribution in [2.75, 3.05) is 0 Å².